The second kappa shape index (κ2) is 5.55. The van der Waals surface area contributed by atoms with E-state index >= 15 is 0 Å². The van der Waals surface area contributed by atoms with E-state index in [1.165, 1.54) is 0 Å². The number of carbonyl (C=O) groups excluding carboxylic acids is 1. The molecule has 0 bridgehead atoms. The number of nitrogen functional groups attached to an aromatic ring is 1. The lowest BCUT2D eigenvalue weighted by atomic mass is 10.2. The fourth-order valence-corrected chi connectivity index (χ4v) is 2.40. The SMILES string of the molecule is CCc1[nH]nc(C(=O)N(Cc2cccnc2)C2CC2)c1N. The zero-order chi connectivity index (χ0) is 14.8. The summed E-state index contributed by atoms with van der Waals surface area (Å²) in [5.41, 5.74) is 8.65. The first-order chi connectivity index (χ1) is 10.2. The largest absolute Gasteiger partial charge is 0.395 e. The normalized spacial score (nSPS) is 14.1. The van der Waals surface area contributed by atoms with E-state index in [4.69, 9.17) is 5.73 Å². The minimum absolute atomic E-state index is 0.102. The molecule has 2 aromatic heterocycles. The third-order valence-electron chi connectivity index (χ3n) is 3.76. The molecule has 2 heterocycles. The number of amides is 1. The third-order valence-corrected chi connectivity index (χ3v) is 3.76. The van der Waals surface area contributed by atoms with Crippen molar-refractivity contribution in [2.24, 2.45) is 0 Å². The summed E-state index contributed by atoms with van der Waals surface area (Å²) in [6, 6.07) is 4.14. The molecular weight excluding hydrogens is 266 g/mol. The lowest BCUT2D eigenvalue weighted by Gasteiger charge is -2.21. The van der Waals surface area contributed by atoms with Crippen molar-refractivity contribution in [3.63, 3.8) is 0 Å². The highest BCUT2D eigenvalue weighted by atomic mass is 16.2. The summed E-state index contributed by atoms with van der Waals surface area (Å²) in [6.45, 7) is 2.53. The summed E-state index contributed by atoms with van der Waals surface area (Å²) in [5.74, 6) is -0.102. The van der Waals surface area contributed by atoms with Crippen LogP contribution >= 0.6 is 0 Å². The smallest absolute Gasteiger partial charge is 0.277 e. The minimum Gasteiger partial charge on any atom is -0.395 e. The number of aryl methyl sites for hydroxylation is 1. The van der Waals surface area contributed by atoms with E-state index in [0.717, 1.165) is 30.5 Å². The number of aromatic amines is 1. The summed E-state index contributed by atoms with van der Waals surface area (Å²) >= 11 is 0. The highest BCUT2D eigenvalue weighted by Crippen LogP contribution is 2.30. The molecule has 0 saturated heterocycles. The first-order valence-electron chi connectivity index (χ1n) is 7.23. The van der Waals surface area contributed by atoms with Gasteiger partial charge in [0.2, 0.25) is 0 Å². The molecule has 1 aliphatic carbocycles. The van der Waals surface area contributed by atoms with Crippen LogP contribution in [0.15, 0.2) is 24.5 Å². The minimum atomic E-state index is -0.102. The molecular formula is C15H19N5O. The Balaban J connectivity index is 1.83. The molecule has 2 aromatic rings. The van der Waals surface area contributed by atoms with E-state index in [9.17, 15) is 4.79 Å². The van der Waals surface area contributed by atoms with Gasteiger partial charge < -0.3 is 10.6 Å². The van der Waals surface area contributed by atoms with Gasteiger partial charge in [0.1, 0.15) is 0 Å². The van der Waals surface area contributed by atoms with Gasteiger partial charge in [-0.2, -0.15) is 5.10 Å². The maximum atomic E-state index is 12.7. The van der Waals surface area contributed by atoms with Crippen LogP contribution < -0.4 is 5.73 Å². The second-order valence-corrected chi connectivity index (χ2v) is 5.34. The van der Waals surface area contributed by atoms with E-state index < -0.39 is 0 Å². The average Bonchev–Trinajstić information content (AvgIpc) is 3.28. The van der Waals surface area contributed by atoms with Crippen molar-refractivity contribution in [3.8, 4) is 0 Å². The number of anilines is 1. The number of rotatable bonds is 5. The highest BCUT2D eigenvalue weighted by Gasteiger charge is 2.35. The Hall–Kier alpha value is -2.37. The van der Waals surface area contributed by atoms with Crippen molar-refractivity contribution in [2.45, 2.75) is 38.8 Å². The van der Waals surface area contributed by atoms with Crippen molar-refractivity contribution in [1.82, 2.24) is 20.1 Å². The average molecular weight is 285 g/mol. The standard InChI is InChI=1S/C15H19N5O/c1-2-12-13(16)14(19-18-12)15(21)20(11-5-6-11)9-10-4-3-7-17-8-10/h3-4,7-8,11H,2,5-6,9,16H2,1H3,(H,18,19). The zero-order valence-electron chi connectivity index (χ0n) is 12.0. The molecule has 3 rings (SSSR count). The predicted molar refractivity (Wildman–Crippen MR) is 79.5 cm³/mol. The molecule has 0 atom stereocenters. The second-order valence-electron chi connectivity index (χ2n) is 5.34. The van der Waals surface area contributed by atoms with Gasteiger partial charge in [-0.05, 0) is 30.9 Å². The van der Waals surface area contributed by atoms with Crippen LogP contribution in [0.2, 0.25) is 0 Å². The lowest BCUT2D eigenvalue weighted by Crippen LogP contribution is -2.33. The molecule has 1 fully saturated rings. The van der Waals surface area contributed by atoms with Crippen molar-refractivity contribution in [2.75, 3.05) is 5.73 Å². The monoisotopic (exact) mass is 285 g/mol. The fraction of sp³-hybridized carbons (Fsp3) is 0.400. The van der Waals surface area contributed by atoms with Gasteiger partial charge >= 0.3 is 0 Å². The van der Waals surface area contributed by atoms with Crippen molar-refractivity contribution in [1.29, 1.82) is 0 Å². The molecule has 21 heavy (non-hydrogen) atoms. The maximum absolute atomic E-state index is 12.7. The first-order valence-corrected chi connectivity index (χ1v) is 7.23. The molecule has 110 valence electrons. The molecule has 3 N–H and O–H groups in total. The van der Waals surface area contributed by atoms with E-state index in [-0.39, 0.29) is 5.91 Å². The van der Waals surface area contributed by atoms with Crippen LogP contribution in [0.1, 0.15) is 41.5 Å². The topological polar surface area (TPSA) is 87.9 Å². The van der Waals surface area contributed by atoms with Crippen molar-refractivity contribution >= 4 is 11.6 Å². The Kier molecular flexibility index (Phi) is 3.60. The van der Waals surface area contributed by atoms with Crippen molar-refractivity contribution < 1.29 is 4.79 Å². The fourth-order valence-electron chi connectivity index (χ4n) is 2.40. The number of H-pyrrole nitrogens is 1. The molecule has 6 nitrogen and oxygen atoms in total. The van der Waals surface area contributed by atoms with Gasteiger partial charge in [-0.1, -0.05) is 13.0 Å². The number of carbonyl (C=O) groups is 1. The third kappa shape index (κ3) is 2.74. The molecule has 0 spiro atoms. The van der Waals surface area contributed by atoms with Crippen LogP contribution in [0.4, 0.5) is 5.69 Å². The van der Waals surface area contributed by atoms with Gasteiger partial charge in [0.25, 0.3) is 5.91 Å². The van der Waals surface area contributed by atoms with Gasteiger partial charge in [0.15, 0.2) is 5.69 Å². The van der Waals surface area contributed by atoms with E-state index in [2.05, 4.69) is 15.2 Å². The van der Waals surface area contributed by atoms with Crippen LogP contribution in [-0.4, -0.2) is 32.0 Å². The first kappa shape index (κ1) is 13.6. The van der Waals surface area contributed by atoms with Gasteiger partial charge in [-0.25, -0.2) is 0 Å². The number of hydrogen-bond donors (Lipinski definition) is 2. The molecule has 0 aliphatic heterocycles. The summed E-state index contributed by atoms with van der Waals surface area (Å²) in [5, 5.41) is 6.95. The summed E-state index contributed by atoms with van der Waals surface area (Å²) in [4.78, 5) is 18.7. The van der Waals surface area contributed by atoms with E-state index in [1.54, 1.807) is 12.4 Å². The van der Waals surface area contributed by atoms with Gasteiger partial charge in [-0.3, -0.25) is 14.9 Å². The predicted octanol–water partition coefficient (Wildman–Crippen LogP) is 1.75. The number of hydrogen-bond acceptors (Lipinski definition) is 4. The van der Waals surface area contributed by atoms with Gasteiger partial charge in [-0.15, -0.1) is 0 Å². The summed E-state index contributed by atoms with van der Waals surface area (Å²) in [6.07, 6.45) is 6.33. The summed E-state index contributed by atoms with van der Waals surface area (Å²) < 4.78 is 0. The molecule has 0 aromatic carbocycles. The molecule has 1 amide bonds. The number of pyridine rings is 1. The Morgan fingerprint density at radius 3 is 2.90 bits per heavy atom. The lowest BCUT2D eigenvalue weighted by molar-refractivity contribution is 0.0725. The quantitative estimate of drug-likeness (QED) is 0.876. The van der Waals surface area contributed by atoms with Crippen molar-refractivity contribution in [3.05, 3.63) is 41.5 Å². The van der Waals surface area contributed by atoms with Crippen LogP contribution in [0.25, 0.3) is 0 Å². The zero-order valence-corrected chi connectivity index (χ0v) is 12.0. The Labute approximate surface area is 123 Å². The van der Waals surface area contributed by atoms with E-state index in [0.29, 0.717) is 24.0 Å². The van der Waals surface area contributed by atoms with Crippen LogP contribution in [0.3, 0.4) is 0 Å². The Bertz CT molecular complexity index is 633. The summed E-state index contributed by atoms with van der Waals surface area (Å²) in [7, 11) is 0. The molecule has 0 radical (unpaired) electrons. The van der Waals surface area contributed by atoms with Crippen LogP contribution in [0, 0.1) is 0 Å². The van der Waals surface area contributed by atoms with Crippen LogP contribution in [-0.2, 0) is 13.0 Å². The number of nitrogens with two attached hydrogens (primary N) is 1. The van der Waals surface area contributed by atoms with Crippen LogP contribution in [0.5, 0.6) is 0 Å². The molecule has 0 unspecified atom stereocenters. The highest BCUT2D eigenvalue weighted by molar-refractivity contribution is 5.98. The molecule has 1 saturated carbocycles. The Morgan fingerprint density at radius 1 is 1.52 bits per heavy atom. The van der Waals surface area contributed by atoms with Gasteiger partial charge in [0.05, 0.1) is 11.4 Å². The molecule has 1 aliphatic rings. The number of nitrogens with one attached hydrogen (secondary N) is 1. The maximum Gasteiger partial charge on any atom is 0.277 e. The number of aromatic nitrogens is 3. The number of nitrogens with zero attached hydrogens (tertiary/aromatic N) is 3. The van der Waals surface area contributed by atoms with E-state index in [1.807, 2.05) is 24.0 Å². The van der Waals surface area contributed by atoms with Gasteiger partial charge in [0, 0.05) is 25.0 Å². The molecule has 6 heteroatoms. The Morgan fingerprint density at radius 2 is 2.33 bits per heavy atom.